The highest BCUT2D eigenvalue weighted by molar-refractivity contribution is 6.03. The summed E-state index contributed by atoms with van der Waals surface area (Å²) in [7, 11) is 0. The number of aromatic carboxylic acids is 2. The number of aryl methyl sites for hydroxylation is 1. The maximum Gasteiger partial charge on any atom is 0.336 e. The van der Waals surface area contributed by atoms with Gasteiger partial charge in [-0.05, 0) is 29.7 Å². The van der Waals surface area contributed by atoms with E-state index < -0.39 is 11.9 Å². The summed E-state index contributed by atoms with van der Waals surface area (Å²) in [6.45, 7) is 3.07. The highest BCUT2D eigenvalue weighted by Crippen LogP contribution is 2.31. The monoisotopic (exact) mass is 292 g/mol. The zero-order valence-corrected chi connectivity index (χ0v) is 11.6. The maximum absolute atomic E-state index is 11.6. The van der Waals surface area contributed by atoms with E-state index >= 15 is 0 Å². The van der Waals surface area contributed by atoms with E-state index in [1.807, 2.05) is 6.92 Å². The number of carbonyl (C=O) groups is 2. The third kappa shape index (κ3) is 2.91. The number of epoxide rings is 2. The Balaban J connectivity index is 2.14. The minimum Gasteiger partial charge on any atom is -0.478 e. The number of benzene rings is 1. The van der Waals surface area contributed by atoms with E-state index in [2.05, 4.69) is 0 Å². The standard InChI is InChI=1S/C15H16O6/c1-7-2-12(14(16)17)13(15(18)19)11(4-9-6-21-9)10(7)3-8-5-20-8/h2,8-9H,3-6H2,1H3,(H,16,17)(H,18,19). The molecule has 0 aliphatic carbocycles. The van der Waals surface area contributed by atoms with Gasteiger partial charge in [-0.25, -0.2) is 9.59 Å². The highest BCUT2D eigenvalue weighted by atomic mass is 16.6. The molecule has 2 heterocycles. The summed E-state index contributed by atoms with van der Waals surface area (Å²) in [6, 6.07) is 1.45. The van der Waals surface area contributed by atoms with Crippen LogP contribution in [0.2, 0.25) is 0 Å². The number of carboxylic acid groups (broad SMARTS) is 2. The molecule has 2 aliphatic rings. The van der Waals surface area contributed by atoms with Crippen LogP contribution in [0.4, 0.5) is 0 Å². The number of ether oxygens (including phenoxy) is 2. The summed E-state index contributed by atoms with van der Waals surface area (Å²) < 4.78 is 10.4. The van der Waals surface area contributed by atoms with Crippen LogP contribution in [0.1, 0.15) is 37.4 Å². The molecule has 2 atom stereocenters. The van der Waals surface area contributed by atoms with Crippen molar-refractivity contribution in [3.63, 3.8) is 0 Å². The van der Waals surface area contributed by atoms with Crippen LogP contribution < -0.4 is 0 Å². The minimum atomic E-state index is -1.22. The molecule has 112 valence electrons. The van der Waals surface area contributed by atoms with Gasteiger partial charge in [0.15, 0.2) is 0 Å². The van der Waals surface area contributed by atoms with E-state index in [0.717, 1.165) is 11.1 Å². The lowest BCUT2D eigenvalue weighted by molar-refractivity contribution is 0.0650. The molecule has 1 aromatic carbocycles. The van der Waals surface area contributed by atoms with E-state index in [-0.39, 0.29) is 23.3 Å². The fourth-order valence-corrected chi connectivity index (χ4v) is 2.68. The van der Waals surface area contributed by atoms with Crippen molar-refractivity contribution < 1.29 is 29.3 Å². The molecule has 2 N–H and O–H groups in total. The average Bonchev–Trinajstić information content (AvgIpc) is 3.27. The van der Waals surface area contributed by atoms with Crippen molar-refractivity contribution in [2.45, 2.75) is 32.0 Å². The zero-order valence-electron chi connectivity index (χ0n) is 11.6. The van der Waals surface area contributed by atoms with Crippen molar-refractivity contribution >= 4 is 11.9 Å². The van der Waals surface area contributed by atoms with Gasteiger partial charge in [0.2, 0.25) is 0 Å². The van der Waals surface area contributed by atoms with E-state index in [9.17, 15) is 19.8 Å². The molecule has 1 aromatic rings. The lowest BCUT2D eigenvalue weighted by Gasteiger charge is -2.17. The third-order valence-corrected chi connectivity index (χ3v) is 3.88. The van der Waals surface area contributed by atoms with Gasteiger partial charge >= 0.3 is 11.9 Å². The maximum atomic E-state index is 11.6. The molecule has 0 spiro atoms. The molecule has 0 amide bonds. The molecule has 0 saturated carbocycles. The van der Waals surface area contributed by atoms with Crippen LogP contribution in [0.25, 0.3) is 0 Å². The van der Waals surface area contributed by atoms with Crippen LogP contribution in [-0.4, -0.2) is 47.6 Å². The molecular weight excluding hydrogens is 276 g/mol. The Hall–Kier alpha value is -1.92. The Morgan fingerprint density at radius 3 is 2.05 bits per heavy atom. The Labute approximate surface area is 121 Å². The van der Waals surface area contributed by atoms with E-state index in [0.29, 0.717) is 31.6 Å². The topological polar surface area (TPSA) is 99.7 Å². The molecule has 2 unspecified atom stereocenters. The van der Waals surface area contributed by atoms with Crippen LogP contribution >= 0.6 is 0 Å². The smallest absolute Gasteiger partial charge is 0.336 e. The van der Waals surface area contributed by atoms with Gasteiger partial charge in [0, 0.05) is 12.8 Å². The first-order chi connectivity index (χ1) is 9.97. The van der Waals surface area contributed by atoms with Crippen LogP contribution in [0.3, 0.4) is 0 Å². The van der Waals surface area contributed by atoms with Gasteiger partial charge in [-0.2, -0.15) is 0 Å². The van der Waals surface area contributed by atoms with E-state index in [4.69, 9.17) is 9.47 Å². The molecular formula is C15H16O6. The zero-order chi connectivity index (χ0) is 15.1. The van der Waals surface area contributed by atoms with Gasteiger partial charge in [-0.3, -0.25) is 0 Å². The molecule has 3 rings (SSSR count). The quantitative estimate of drug-likeness (QED) is 0.766. The summed E-state index contributed by atoms with van der Waals surface area (Å²) in [5.41, 5.74) is 1.99. The summed E-state index contributed by atoms with van der Waals surface area (Å²) in [5, 5.41) is 18.7. The van der Waals surface area contributed by atoms with Crippen LogP contribution in [0.15, 0.2) is 6.07 Å². The van der Waals surface area contributed by atoms with E-state index in [1.165, 1.54) is 6.07 Å². The molecule has 2 fully saturated rings. The molecule has 21 heavy (non-hydrogen) atoms. The van der Waals surface area contributed by atoms with Crippen molar-refractivity contribution in [2.75, 3.05) is 13.2 Å². The summed E-state index contributed by atoms with van der Waals surface area (Å²) >= 11 is 0. The molecule has 2 saturated heterocycles. The lowest BCUT2D eigenvalue weighted by atomic mass is 9.87. The Morgan fingerprint density at radius 2 is 1.62 bits per heavy atom. The summed E-state index contributed by atoms with van der Waals surface area (Å²) in [4.78, 5) is 22.9. The van der Waals surface area contributed by atoms with Gasteiger partial charge in [0.05, 0.1) is 36.5 Å². The third-order valence-electron chi connectivity index (χ3n) is 3.88. The first-order valence-electron chi connectivity index (χ1n) is 6.82. The highest BCUT2D eigenvalue weighted by Gasteiger charge is 2.33. The molecule has 0 aromatic heterocycles. The van der Waals surface area contributed by atoms with Crippen LogP contribution in [0, 0.1) is 6.92 Å². The van der Waals surface area contributed by atoms with Crippen LogP contribution in [-0.2, 0) is 22.3 Å². The molecule has 2 aliphatic heterocycles. The predicted octanol–water partition coefficient (Wildman–Crippen LogP) is 1.27. The molecule has 6 nitrogen and oxygen atoms in total. The first-order valence-corrected chi connectivity index (χ1v) is 6.82. The lowest BCUT2D eigenvalue weighted by Crippen LogP contribution is -2.17. The second kappa shape index (κ2) is 5.13. The normalized spacial score (nSPS) is 22.9. The average molecular weight is 292 g/mol. The predicted molar refractivity (Wildman–Crippen MR) is 72.0 cm³/mol. The fourth-order valence-electron chi connectivity index (χ4n) is 2.68. The Kier molecular flexibility index (Phi) is 3.43. The number of rotatable bonds is 6. The van der Waals surface area contributed by atoms with Crippen molar-refractivity contribution in [3.05, 3.63) is 33.9 Å². The summed E-state index contributed by atoms with van der Waals surface area (Å²) in [5.74, 6) is -2.43. The Bertz CT molecular complexity index is 613. The number of carboxylic acids is 2. The first kappa shape index (κ1) is 14.0. The Morgan fingerprint density at radius 1 is 1.10 bits per heavy atom. The minimum absolute atomic E-state index is 0.00887. The number of hydrogen-bond acceptors (Lipinski definition) is 4. The van der Waals surface area contributed by atoms with Crippen molar-refractivity contribution in [1.29, 1.82) is 0 Å². The number of hydrogen-bond donors (Lipinski definition) is 2. The second-order valence-electron chi connectivity index (χ2n) is 5.50. The van der Waals surface area contributed by atoms with Crippen molar-refractivity contribution in [3.8, 4) is 0 Å². The van der Waals surface area contributed by atoms with Crippen molar-refractivity contribution in [1.82, 2.24) is 0 Å². The van der Waals surface area contributed by atoms with Gasteiger partial charge in [-0.1, -0.05) is 0 Å². The van der Waals surface area contributed by atoms with Gasteiger partial charge in [0.1, 0.15) is 0 Å². The largest absolute Gasteiger partial charge is 0.478 e. The summed E-state index contributed by atoms with van der Waals surface area (Å²) in [6.07, 6.45) is 1.16. The molecule has 0 radical (unpaired) electrons. The van der Waals surface area contributed by atoms with Gasteiger partial charge in [0.25, 0.3) is 0 Å². The van der Waals surface area contributed by atoms with Gasteiger partial charge in [-0.15, -0.1) is 0 Å². The SMILES string of the molecule is Cc1cc(C(=O)O)c(C(=O)O)c(CC2CO2)c1CC1CO1. The fraction of sp³-hybridized carbons (Fsp3) is 0.467. The van der Waals surface area contributed by atoms with Crippen LogP contribution in [0.5, 0.6) is 0 Å². The molecule has 6 heteroatoms. The molecule has 0 bridgehead atoms. The second-order valence-corrected chi connectivity index (χ2v) is 5.50. The van der Waals surface area contributed by atoms with Crippen molar-refractivity contribution in [2.24, 2.45) is 0 Å². The van der Waals surface area contributed by atoms with Gasteiger partial charge < -0.3 is 19.7 Å². The van der Waals surface area contributed by atoms with E-state index in [1.54, 1.807) is 0 Å².